The van der Waals surface area contributed by atoms with Gasteiger partial charge in [-0.05, 0) is 78.9 Å². The summed E-state index contributed by atoms with van der Waals surface area (Å²) >= 11 is 21.2. The first-order chi connectivity index (χ1) is 24.8. The fourth-order valence-corrected chi connectivity index (χ4v) is 5.37. The molecule has 12 nitrogen and oxygen atoms in total. The van der Waals surface area contributed by atoms with Gasteiger partial charge in [0, 0.05) is 14.5 Å². The van der Waals surface area contributed by atoms with Crippen molar-refractivity contribution in [3.63, 3.8) is 0 Å². The Kier molecular flexibility index (Phi) is 13.6. The van der Waals surface area contributed by atoms with Crippen LogP contribution in [0.3, 0.4) is 0 Å². The molecule has 0 N–H and O–H groups in total. The Bertz CT molecular complexity index is 2020. The number of carbonyl (C=O) groups excluding carboxylic acids is 8. The van der Waals surface area contributed by atoms with Crippen molar-refractivity contribution in [2.45, 2.75) is 23.9 Å². The second-order valence-electron chi connectivity index (χ2n) is 10.4. The maximum Gasteiger partial charge on any atom is 0.340 e. The fraction of sp³-hybridized carbons (Fsp3) is 0.111. The molecule has 52 heavy (non-hydrogen) atoms. The van der Waals surface area contributed by atoms with Crippen molar-refractivity contribution in [1.29, 1.82) is 0 Å². The van der Waals surface area contributed by atoms with Crippen molar-refractivity contribution in [3.05, 3.63) is 139 Å². The smallest absolute Gasteiger partial charge is 0.340 e. The zero-order valence-corrected chi connectivity index (χ0v) is 30.0. The molecule has 0 heterocycles. The number of carbonyl (C=O) groups is 8. The average Bonchev–Trinajstić information content (AvgIpc) is 3.14. The van der Waals surface area contributed by atoms with E-state index in [2.05, 4.69) is 15.9 Å². The van der Waals surface area contributed by atoms with Gasteiger partial charge in [0.2, 0.25) is 24.1 Å². The van der Waals surface area contributed by atoms with E-state index in [9.17, 15) is 38.4 Å². The zero-order valence-electron chi connectivity index (χ0n) is 26.1. The molecule has 0 fully saturated rings. The van der Waals surface area contributed by atoms with E-state index in [1.165, 1.54) is 91.0 Å². The highest BCUT2D eigenvalue weighted by molar-refractivity contribution is 9.10. The van der Waals surface area contributed by atoms with E-state index in [-0.39, 0.29) is 56.2 Å². The SMILES string of the molecule is O=CC(OC(=O)c1ccc(Cl)cc1)C(=O)C(OC(=O)c1ccc(Br)cc1)(C(C=O)OC(=O)c1cccc(Cl)c1)C(C=O)OC(=O)c1ccccc1Cl. The second kappa shape index (κ2) is 17.8. The molecule has 0 saturated carbocycles. The molecule has 0 aliphatic carbocycles. The van der Waals surface area contributed by atoms with Gasteiger partial charge in [-0.25, -0.2) is 19.2 Å². The number of ketones is 1. The Morgan fingerprint density at radius 1 is 0.577 bits per heavy atom. The number of Topliss-reactive ketones (excluding diaryl/α,β-unsaturated/α-hetero) is 1. The summed E-state index contributed by atoms with van der Waals surface area (Å²) in [5.41, 5.74) is -4.69. The summed E-state index contributed by atoms with van der Waals surface area (Å²) in [6.07, 6.45) is -8.57. The van der Waals surface area contributed by atoms with Crippen molar-refractivity contribution in [1.82, 2.24) is 0 Å². The predicted molar refractivity (Wildman–Crippen MR) is 187 cm³/mol. The summed E-state index contributed by atoms with van der Waals surface area (Å²) in [5.74, 6) is -7.29. The summed E-state index contributed by atoms with van der Waals surface area (Å²) in [4.78, 5) is 107. The minimum Gasteiger partial charge on any atom is -0.446 e. The lowest BCUT2D eigenvalue weighted by Crippen LogP contribution is -2.67. The third-order valence-electron chi connectivity index (χ3n) is 7.14. The van der Waals surface area contributed by atoms with Crippen LogP contribution < -0.4 is 0 Å². The van der Waals surface area contributed by atoms with Gasteiger partial charge in [0.15, 0.2) is 18.9 Å². The lowest BCUT2D eigenvalue weighted by atomic mass is 9.83. The summed E-state index contributed by atoms with van der Waals surface area (Å²) in [5, 5.41) is 0.0986. The summed E-state index contributed by atoms with van der Waals surface area (Å²) in [7, 11) is 0. The number of rotatable bonds is 15. The average molecular weight is 833 g/mol. The molecule has 0 spiro atoms. The third kappa shape index (κ3) is 9.17. The molecular formula is C36H22BrCl3O12. The van der Waals surface area contributed by atoms with Crippen LogP contribution in [0.1, 0.15) is 41.4 Å². The monoisotopic (exact) mass is 830 g/mol. The number of hydrogen-bond acceptors (Lipinski definition) is 12. The van der Waals surface area contributed by atoms with Crippen LogP contribution >= 0.6 is 50.7 Å². The van der Waals surface area contributed by atoms with Crippen molar-refractivity contribution >= 4 is 99.3 Å². The summed E-state index contributed by atoms with van der Waals surface area (Å²) < 4.78 is 22.0. The number of ether oxygens (including phenoxy) is 4. The molecular weight excluding hydrogens is 811 g/mol. The van der Waals surface area contributed by atoms with Gasteiger partial charge in [-0.1, -0.05) is 68.9 Å². The minimum absolute atomic E-state index is 0.0516. The normalized spacial score (nSPS) is 13.5. The molecule has 0 amide bonds. The van der Waals surface area contributed by atoms with Crippen LogP contribution in [0, 0.1) is 0 Å². The number of esters is 4. The quantitative estimate of drug-likeness (QED) is 0.0580. The summed E-state index contributed by atoms with van der Waals surface area (Å²) in [6, 6.07) is 20.6. The van der Waals surface area contributed by atoms with Gasteiger partial charge in [0.25, 0.3) is 5.60 Å². The van der Waals surface area contributed by atoms with E-state index >= 15 is 0 Å². The fourth-order valence-electron chi connectivity index (χ4n) is 4.58. The van der Waals surface area contributed by atoms with E-state index < -0.39 is 53.6 Å². The lowest BCUT2D eigenvalue weighted by molar-refractivity contribution is -0.181. The first-order valence-electron chi connectivity index (χ1n) is 14.6. The molecule has 0 aromatic heterocycles. The van der Waals surface area contributed by atoms with E-state index in [4.69, 9.17) is 53.8 Å². The largest absolute Gasteiger partial charge is 0.446 e. The molecule has 0 aliphatic rings. The van der Waals surface area contributed by atoms with Crippen molar-refractivity contribution in [2.75, 3.05) is 0 Å². The third-order valence-corrected chi connectivity index (χ3v) is 8.48. The number of halogens is 4. The van der Waals surface area contributed by atoms with Crippen molar-refractivity contribution in [2.24, 2.45) is 0 Å². The molecule has 0 aliphatic heterocycles. The maximum atomic E-state index is 14.6. The van der Waals surface area contributed by atoms with Gasteiger partial charge in [0.05, 0.1) is 27.3 Å². The van der Waals surface area contributed by atoms with Crippen LogP contribution in [-0.4, -0.2) is 72.4 Å². The van der Waals surface area contributed by atoms with E-state index in [1.807, 2.05) is 0 Å². The second-order valence-corrected chi connectivity index (χ2v) is 12.6. The van der Waals surface area contributed by atoms with Crippen LogP contribution in [0.5, 0.6) is 0 Å². The molecule has 4 rings (SSSR count). The molecule has 0 saturated heterocycles. The van der Waals surface area contributed by atoms with Gasteiger partial charge in [-0.3, -0.25) is 19.2 Å². The van der Waals surface area contributed by atoms with Crippen LogP contribution in [-0.2, 0) is 38.1 Å². The molecule has 4 aromatic rings. The predicted octanol–water partition coefficient (Wildman–Crippen LogP) is 6.15. The Labute approximate surface area is 318 Å². The zero-order chi connectivity index (χ0) is 38.0. The first-order valence-corrected chi connectivity index (χ1v) is 16.5. The Morgan fingerprint density at radius 3 is 1.71 bits per heavy atom. The van der Waals surface area contributed by atoms with Crippen molar-refractivity contribution in [3.8, 4) is 0 Å². The topological polar surface area (TPSA) is 173 Å². The van der Waals surface area contributed by atoms with E-state index in [0.29, 0.717) is 4.47 Å². The van der Waals surface area contributed by atoms with Crippen LogP contribution in [0.25, 0.3) is 0 Å². The number of benzene rings is 4. The van der Waals surface area contributed by atoms with E-state index in [1.54, 1.807) is 0 Å². The standard InChI is InChI=1S/C36H22BrCl3O12/c37-23-12-8-21(9-13-23)34(47)52-36(29(18-42)50-33(46)22-4-3-5-25(39)16-22,30(19-43)51-35(48)26-6-1-2-7-27(26)40)31(44)28(17-41)49-32(45)20-10-14-24(38)15-11-20/h1-19,28-30H. The van der Waals surface area contributed by atoms with Crippen LogP contribution in [0.2, 0.25) is 15.1 Å². The minimum atomic E-state index is -3.55. The Hall–Kier alpha value is -5.21. The number of hydrogen-bond donors (Lipinski definition) is 0. The molecule has 4 unspecified atom stereocenters. The van der Waals surface area contributed by atoms with Gasteiger partial charge in [0.1, 0.15) is 0 Å². The van der Waals surface area contributed by atoms with Gasteiger partial charge in [-0.15, -0.1) is 0 Å². The molecule has 0 bridgehead atoms. The van der Waals surface area contributed by atoms with Crippen LogP contribution in [0.15, 0.2) is 102 Å². The molecule has 4 atom stereocenters. The molecule has 266 valence electrons. The van der Waals surface area contributed by atoms with Gasteiger partial charge >= 0.3 is 23.9 Å². The highest BCUT2D eigenvalue weighted by Gasteiger charge is 2.62. The molecule has 16 heteroatoms. The van der Waals surface area contributed by atoms with Gasteiger partial charge < -0.3 is 18.9 Å². The molecule has 0 radical (unpaired) electrons. The van der Waals surface area contributed by atoms with E-state index in [0.717, 1.165) is 6.07 Å². The van der Waals surface area contributed by atoms with Gasteiger partial charge in [-0.2, -0.15) is 0 Å². The highest BCUT2D eigenvalue weighted by Crippen LogP contribution is 2.32. The molecule has 4 aromatic carbocycles. The van der Waals surface area contributed by atoms with Crippen molar-refractivity contribution < 1.29 is 57.3 Å². The Balaban J connectivity index is 1.93. The summed E-state index contributed by atoms with van der Waals surface area (Å²) in [6.45, 7) is 0. The highest BCUT2D eigenvalue weighted by atomic mass is 79.9. The van der Waals surface area contributed by atoms with Crippen LogP contribution in [0.4, 0.5) is 0 Å². The maximum absolute atomic E-state index is 14.6. The Morgan fingerprint density at radius 2 is 1.13 bits per heavy atom. The first kappa shape index (κ1) is 39.6. The lowest BCUT2D eigenvalue weighted by Gasteiger charge is -2.39. The number of aldehydes is 3.